The van der Waals surface area contributed by atoms with Crippen molar-refractivity contribution < 1.29 is 34.3 Å². The first-order valence-corrected chi connectivity index (χ1v) is 16.9. The molecule has 16 nitrogen and oxygen atoms in total. The number of imidazole rings is 1. The Kier molecular flexibility index (Phi) is 15.6. The van der Waals surface area contributed by atoms with Crippen LogP contribution < -0.4 is 11.1 Å². The Morgan fingerprint density at radius 1 is 1.02 bits per heavy atom. The third-order valence-electron chi connectivity index (χ3n) is 7.83. The van der Waals surface area contributed by atoms with Crippen LogP contribution in [0.25, 0.3) is 22.5 Å². The van der Waals surface area contributed by atoms with Crippen LogP contribution in [0.4, 0.5) is 4.79 Å². The van der Waals surface area contributed by atoms with E-state index in [4.69, 9.17) is 37.2 Å². The van der Waals surface area contributed by atoms with Crippen molar-refractivity contribution in [3.8, 4) is 22.5 Å². The molecular weight excluding hydrogens is 670 g/mol. The van der Waals surface area contributed by atoms with E-state index in [2.05, 4.69) is 42.7 Å². The minimum Gasteiger partial charge on any atom is -0.464 e. The Bertz CT molecular complexity index is 1620. The number of H-pyrrole nitrogens is 1. The van der Waals surface area contributed by atoms with Gasteiger partial charge in [-0.15, -0.1) is 10.2 Å². The van der Waals surface area contributed by atoms with E-state index in [1.54, 1.807) is 0 Å². The molecule has 0 spiro atoms. The van der Waals surface area contributed by atoms with Gasteiger partial charge in [-0.2, -0.15) is 5.21 Å². The molecule has 0 aliphatic heterocycles. The molecule has 0 radical (unpaired) electrons. The highest BCUT2D eigenvalue weighted by molar-refractivity contribution is 6.30. The molecular formula is C33H44ClN9O7. The van der Waals surface area contributed by atoms with E-state index in [9.17, 15) is 9.59 Å². The Morgan fingerprint density at radius 2 is 1.78 bits per heavy atom. The van der Waals surface area contributed by atoms with Crippen LogP contribution in [0.3, 0.4) is 0 Å². The number of alkyl carbamates (subject to hydrolysis) is 1. The molecule has 270 valence electrons. The van der Waals surface area contributed by atoms with Crippen LogP contribution in [0, 0.1) is 0 Å². The number of aromatic nitrogens is 6. The number of benzene rings is 2. The van der Waals surface area contributed by atoms with E-state index in [1.807, 2.05) is 53.1 Å². The molecule has 1 unspecified atom stereocenters. The quantitative estimate of drug-likeness (QED) is 0.0445. The summed E-state index contributed by atoms with van der Waals surface area (Å²) in [5, 5.41) is 34.1. The summed E-state index contributed by atoms with van der Waals surface area (Å²) in [5.41, 5.74) is 9.95. The van der Waals surface area contributed by atoms with Crippen LogP contribution >= 0.6 is 11.6 Å². The van der Waals surface area contributed by atoms with Crippen LogP contribution in [0.5, 0.6) is 0 Å². The number of unbranched alkanes of at least 4 members (excludes halogenated alkanes) is 3. The molecule has 4 aromatic rings. The van der Waals surface area contributed by atoms with Crippen molar-refractivity contribution >= 4 is 23.7 Å². The lowest BCUT2D eigenvalue weighted by Crippen LogP contribution is -2.42. The van der Waals surface area contributed by atoms with Crippen molar-refractivity contribution in [2.45, 2.75) is 77.5 Å². The molecule has 1 atom stereocenters. The fraction of sp³-hybridized carbons (Fsp3) is 0.455. The second-order valence-corrected chi connectivity index (χ2v) is 11.8. The molecule has 1 amide bonds. The number of aryl methyl sites for hydroxylation is 1. The predicted molar refractivity (Wildman–Crippen MR) is 182 cm³/mol. The highest BCUT2D eigenvalue weighted by atomic mass is 35.5. The van der Waals surface area contributed by atoms with Gasteiger partial charge in [-0.25, -0.2) is 14.6 Å². The number of amides is 1. The number of tetrazole rings is 1. The molecule has 4 rings (SSSR count). The van der Waals surface area contributed by atoms with Crippen molar-refractivity contribution in [1.29, 1.82) is 0 Å². The largest absolute Gasteiger partial charge is 0.464 e. The van der Waals surface area contributed by atoms with Gasteiger partial charge in [0.25, 0.3) is 0 Å². The Balaban J connectivity index is 1.42. The minimum atomic E-state index is -0.945. The van der Waals surface area contributed by atoms with Crippen LogP contribution in [-0.2, 0) is 38.7 Å². The summed E-state index contributed by atoms with van der Waals surface area (Å²) in [5.74, 6) is 0.674. The number of esters is 1. The van der Waals surface area contributed by atoms with E-state index in [-0.39, 0.29) is 30.4 Å². The summed E-state index contributed by atoms with van der Waals surface area (Å²) in [7, 11) is 0. The zero-order chi connectivity index (χ0) is 35.7. The number of halogens is 1. The van der Waals surface area contributed by atoms with Crippen LogP contribution in [0.1, 0.15) is 69.0 Å². The average molecular weight is 714 g/mol. The lowest BCUT2D eigenvalue weighted by Gasteiger charge is -2.18. The highest BCUT2D eigenvalue weighted by Gasteiger charge is 2.24. The first-order chi connectivity index (χ1) is 24.3. The smallest absolute Gasteiger partial charge is 0.408 e. The lowest BCUT2D eigenvalue weighted by molar-refractivity contribution is -0.492. The molecule has 6 N–H and O–H groups in total. The van der Waals surface area contributed by atoms with Gasteiger partial charge in [-0.05, 0) is 67.0 Å². The molecule has 0 aliphatic rings. The maximum atomic E-state index is 13.0. The standard InChI is InChI=1S/C33H44ClN9O7/c1-2-3-13-29-37-30(34)28(22-49-33(45)36-27(12-6-7-18-35)32(44)48-19-8-9-20-50-43(46)47)42(29)21-23-14-16-24(17-15-23)25-10-4-5-11-26(25)31-38-40-41-39-31/h4-5,10-11,14-17,27,46-47H,2-3,6-9,12-13,18-22,35H2,1H3,(H,36,45)(H,38,39,40,41). The maximum Gasteiger partial charge on any atom is 0.408 e. The van der Waals surface area contributed by atoms with Crippen molar-refractivity contribution in [3.05, 3.63) is 70.8 Å². The number of carbonyl (C=O) groups excluding carboxylic acids is 2. The number of nitrogens with zero attached hydrogens (tertiary/aromatic N) is 6. The molecule has 0 aliphatic carbocycles. The maximum absolute atomic E-state index is 13.0. The molecule has 0 saturated carbocycles. The molecule has 0 fully saturated rings. The third-order valence-corrected chi connectivity index (χ3v) is 8.13. The molecule has 2 heterocycles. The van der Waals surface area contributed by atoms with Gasteiger partial charge in [0.05, 0.1) is 24.3 Å². The van der Waals surface area contributed by atoms with E-state index in [1.165, 1.54) is 0 Å². The van der Waals surface area contributed by atoms with Gasteiger partial charge >= 0.3 is 12.1 Å². The van der Waals surface area contributed by atoms with E-state index in [0.717, 1.165) is 40.9 Å². The first-order valence-electron chi connectivity index (χ1n) is 16.6. The number of nitrogens with one attached hydrogen (secondary N) is 2. The number of hydrogen-bond acceptors (Lipinski definition) is 13. The summed E-state index contributed by atoms with van der Waals surface area (Å²) in [4.78, 5) is 34.9. The summed E-state index contributed by atoms with van der Waals surface area (Å²) in [6, 6.07) is 15.0. The van der Waals surface area contributed by atoms with E-state index < -0.39 is 18.1 Å². The number of ether oxygens (including phenoxy) is 2. The Labute approximate surface area is 294 Å². The first kappa shape index (κ1) is 38.4. The monoisotopic (exact) mass is 713 g/mol. The molecule has 0 bridgehead atoms. The normalized spacial score (nSPS) is 11.9. The molecule has 17 heteroatoms. The van der Waals surface area contributed by atoms with Gasteiger partial charge in [-0.1, -0.05) is 73.5 Å². The van der Waals surface area contributed by atoms with E-state index >= 15 is 0 Å². The molecule has 2 aromatic carbocycles. The lowest BCUT2D eigenvalue weighted by atomic mass is 9.98. The zero-order valence-electron chi connectivity index (χ0n) is 28.0. The third kappa shape index (κ3) is 11.6. The number of nitrogens with two attached hydrogens (primary N) is 1. The van der Waals surface area contributed by atoms with Gasteiger partial charge < -0.3 is 25.1 Å². The second kappa shape index (κ2) is 20.3. The summed E-state index contributed by atoms with van der Waals surface area (Å²) >= 11 is 6.61. The number of rotatable bonds is 21. The summed E-state index contributed by atoms with van der Waals surface area (Å²) < 4.78 is 12.9. The fourth-order valence-corrected chi connectivity index (χ4v) is 5.47. The number of aromatic amines is 1. The van der Waals surface area contributed by atoms with Crippen molar-refractivity contribution in [2.75, 3.05) is 19.8 Å². The van der Waals surface area contributed by atoms with Crippen molar-refractivity contribution in [2.24, 2.45) is 5.73 Å². The molecule has 0 saturated heterocycles. The highest BCUT2D eigenvalue weighted by Crippen LogP contribution is 2.30. The summed E-state index contributed by atoms with van der Waals surface area (Å²) in [6.45, 7) is 2.90. The molecule has 2 aromatic heterocycles. The minimum absolute atomic E-state index is 0.0246. The van der Waals surface area contributed by atoms with Crippen molar-refractivity contribution in [3.63, 3.8) is 0 Å². The van der Waals surface area contributed by atoms with E-state index in [0.29, 0.717) is 63.1 Å². The van der Waals surface area contributed by atoms with Gasteiger partial charge in [-0.3, -0.25) is 15.3 Å². The Hall–Kier alpha value is -4.45. The second-order valence-electron chi connectivity index (χ2n) is 11.5. The van der Waals surface area contributed by atoms with Crippen LogP contribution in [0.15, 0.2) is 48.5 Å². The van der Waals surface area contributed by atoms with Gasteiger partial charge in [0.1, 0.15) is 18.5 Å². The Morgan fingerprint density at radius 3 is 2.48 bits per heavy atom. The average Bonchev–Trinajstić information content (AvgIpc) is 3.75. The predicted octanol–water partition coefficient (Wildman–Crippen LogP) is 4.83. The summed E-state index contributed by atoms with van der Waals surface area (Å²) in [6.07, 6.45) is 4.15. The topological polar surface area (TPSA) is 216 Å². The van der Waals surface area contributed by atoms with Gasteiger partial charge in [0.15, 0.2) is 5.15 Å². The zero-order valence-corrected chi connectivity index (χ0v) is 28.7. The molecule has 50 heavy (non-hydrogen) atoms. The van der Waals surface area contributed by atoms with Crippen LogP contribution in [0.2, 0.25) is 5.15 Å². The van der Waals surface area contributed by atoms with Crippen LogP contribution in [-0.4, -0.2) is 83.8 Å². The van der Waals surface area contributed by atoms with Gasteiger partial charge in [0, 0.05) is 18.5 Å². The van der Waals surface area contributed by atoms with Crippen molar-refractivity contribution in [1.82, 2.24) is 40.9 Å². The SMILES string of the molecule is CCCCc1nc(Cl)c(COC(=O)NC(CCCCN)C(=O)OCCCCON(O)O)n1Cc1ccc(-c2ccccc2-c2nn[nH]n2)cc1. The number of carbonyl (C=O) groups is 2. The number of hydrogen-bond donors (Lipinski definition) is 5. The van der Waals surface area contributed by atoms with Gasteiger partial charge in [0.2, 0.25) is 5.82 Å². The fourth-order valence-electron chi connectivity index (χ4n) is 5.22.